The summed E-state index contributed by atoms with van der Waals surface area (Å²) in [5.74, 6) is 0. The van der Waals surface area contributed by atoms with Crippen LogP contribution in [0.4, 0.5) is 0 Å². The van der Waals surface area contributed by atoms with Crippen molar-refractivity contribution in [1.82, 2.24) is 5.32 Å². The van der Waals surface area contributed by atoms with Crippen molar-refractivity contribution in [2.45, 2.75) is 25.9 Å². The van der Waals surface area contributed by atoms with E-state index in [2.05, 4.69) is 22.2 Å². The van der Waals surface area contributed by atoms with Crippen LogP contribution in [0.1, 0.15) is 13.8 Å². The summed E-state index contributed by atoms with van der Waals surface area (Å²) in [5.41, 5.74) is 1.08. The van der Waals surface area contributed by atoms with Gasteiger partial charge in [0.15, 0.2) is 0 Å². The highest BCUT2D eigenvalue weighted by molar-refractivity contribution is 6.01. The van der Waals surface area contributed by atoms with Gasteiger partial charge in [-0.25, -0.2) is 0 Å². The number of nitrogens with zero attached hydrogens (tertiary/aromatic N) is 2. The minimum Gasteiger partial charge on any atom is -0.381 e. The van der Waals surface area contributed by atoms with Crippen LogP contribution in [-0.2, 0) is 0 Å². The van der Waals surface area contributed by atoms with E-state index < -0.39 is 0 Å². The van der Waals surface area contributed by atoms with Crippen molar-refractivity contribution in [3.05, 3.63) is 12.3 Å². The second-order valence-corrected chi connectivity index (χ2v) is 2.77. The van der Waals surface area contributed by atoms with Crippen molar-refractivity contribution in [1.29, 1.82) is 0 Å². The molecule has 0 radical (unpaired) electrons. The molecule has 2 atom stereocenters. The average Bonchev–Trinajstić information content (AvgIpc) is 2.51. The first kappa shape index (κ1) is 8.97. The molecule has 2 unspecified atom stereocenters. The van der Waals surface area contributed by atoms with Crippen molar-refractivity contribution in [2.75, 3.05) is 7.05 Å². The molecule has 1 N–H and O–H groups in total. The molecule has 1 aliphatic heterocycles. The fourth-order valence-corrected chi connectivity index (χ4v) is 1.35. The van der Waals surface area contributed by atoms with Crippen LogP contribution in [0, 0.1) is 0 Å². The number of nitrogens with one attached hydrogen (secondary N) is 1. The van der Waals surface area contributed by atoms with Gasteiger partial charge in [-0.05, 0) is 32.3 Å². The van der Waals surface area contributed by atoms with E-state index in [1.165, 1.54) is 0 Å². The standard InChI is InChI=1S/C9H15N3/c1-4-11-7(2)9-8(10-3)5-6-12-9/h4-7,9,12H,1-3H3/b10-8+,11-4-. The Morgan fingerprint density at radius 3 is 3.00 bits per heavy atom. The Kier molecular flexibility index (Phi) is 3.02. The highest BCUT2D eigenvalue weighted by Crippen LogP contribution is 2.06. The lowest BCUT2D eigenvalue weighted by molar-refractivity contribution is 0.626. The summed E-state index contributed by atoms with van der Waals surface area (Å²) in [7, 11) is 1.81. The molecule has 0 fully saturated rings. The molecular weight excluding hydrogens is 150 g/mol. The molecule has 12 heavy (non-hydrogen) atoms. The summed E-state index contributed by atoms with van der Waals surface area (Å²) in [6.07, 6.45) is 5.75. The van der Waals surface area contributed by atoms with Gasteiger partial charge < -0.3 is 5.32 Å². The maximum absolute atomic E-state index is 4.30. The first-order valence-electron chi connectivity index (χ1n) is 4.16. The van der Waals surface area contributed by atoms with Gasteiger partial charge in [0.2, 0.25) is 0 Å². The van der Waals surface area contributed by atoms with Crippen LogP contribution in [0.25, 0.3) is 0 Å². The van der Waals surface area contributed by atoms with Gasteiger partial charge in [0.1, 0.15) is 0 Å². The van der Waals surface area contributed by atoms with Crippen molar-refractivity contribution in [2.24, 2.45) is 9.98 Å². The molecule has 0 aromatic carbocycles. The molecule has 66 valence electrons. The molecule has 1 aliphatic rings. The van der Waals surface area contributed by atoms with Crippen LogP contribution < -0.4 is 5.32 Å². The Morgan fingerprint density at radius 1 is 1.67 bits per heavy atom. The molecule has 1 rings (SSSR count). The van der Waals surface area contributed by atoms with Gasteiger partial charge in [-0.2, -0.15) is 0 Å². The van der Waals surface area contributed by atoms with Crippen molar-refractivity contribution >= 4 is 11.9 Å². The second-order valence-electron chi connectivity index (χ2n) is 2.77. The lowest BCUT2D eigenvalue weighted by atomic mass is 10.1. The molecule has 0 aliphatic carbocycles. The van der Waals surface area contributed by atoms with E-state index in [1.807, 2.05) is 32.5 Å². The van der Waals surface area contributed by atoms with Gasteiger partial charge in [0.05, 0.1) is 17.8 Å². The topological polar surface area (TPSA) is 36.8 Å². The lowest BCUT2D eigenvalue weighted by Crippen LogP contribution is -2.36. The Bertz CT molecular complexity index is 228. The largest absolute Gasteiger partial charge is 0.381 e. The predicted octanol–water partition coefficient (Wildman–Crippen LogP) is 1.02. The monoisotopic (exact) mass is 165 g/mol. The fraction of sp³-hybridized carbons (Fsp3) is 0.556. The Hall–Kier alpha value is -1.12. The summed E-state index contributed by atoms with van der Waals surface area (Å²) >= 11 is 0. The van der Waals surface area contributed by atoms with E-state index in [0.717, 1.165) is 5.71 Å². The Balaban J connectivity index is 2.65. The van der Waals surface area contributed by atoms with E-state index in [-0.39, 0.29) is 12.1 Å². The SMILES string of the molecule is C/C=N\C(C)C1NC=C/C1=N\C. The molecule has 0 spiro atoms. The third-order valence-corrected chi connectivity index (χ3v) is 1.97. The van der Waals surface area contributed by atoms with Gasteiger partial charge in [0, 0.05) is 7.05 Å². The maximum Gasteiger partial charge on any atom is 0.0898 e. The van der Waals surface area contributed by atoms with E-state index in [0.29, 0.717) is 0 Å². The molecule has 1 heterocycles. The van der Waals surface area contributed by atoms with Crippen LogP contribution in [0.15, 0.2) is 22.3 Å². The summed E-state index contributed by atoms with van der Waals surface area (Å²) in [6.45, 7) is 4.01. The molecule has 0 saturated heterocycles. The zero-order chi connectivity index (χ0) is 8.97. The van der Waals surface area contributed by atoms with E-state index in [9.17, 15) is 0 Å². The van der Waals surface area contributed by atoms with Crippen LogP contribution in [-0.4, -0.2) is 31.1 Å². The van der Waals surface area contributed by atoms with E-state index in [4.69, 9.17) is 0 Å². The maximum atomic E-state index is 4.30. The minimum absolute atomic E-state index is 0.253. The lowest BCUT2D eigenvalue weighted by Gasteiger charge is -2.16. The molecule has 0 amide bonds. The predicted molar refractivity (Wildman–Crippen MR) is 53.1 cm³/mol. The second kappa shape index (κ2) is 4.04. The molecule has 0 bridgehead atoms. The van der Waals surface area contributed by atoms with Gasteiger partial charge in [-0.3, -0.25) is 9.98 Å². The first-order valence-corrected chi connectivity index (χ1v) is 4.16. The first-order chi connectivity index (χ1) is 5.79. The number of hydrogen-bond donors (Lipinski definition) is 1. The molecule has 3 nitrogen and oxygen atoms in total. The number of aliphatic imine (C=N–C) groups is 2. The quantitative estimate of drug-likeness (QED) is 0.609. The van der Waals surface area contributed by atoms with Crippen LogP contribution in [0.5, 0.6) is 0 Å². The van der Waals surface area contributed by atoms with Gasteiger partial charge in [-0.15, -0.1) is 0 Å². The fourth-order valence-electron chi connectivity index (χ4n) is 1.35. The van der Waals surface area contributed by atoms with Gasteiger partial charge in [0.25, 0.3) is 0 Å². The molecule has 0 saturated carbocycles. The molecule has 0 aromatic heterocycles. The van der Waals surface area contributed by atoms with Crippen molar-refractivity contribution in [3.8, 4) is 0 Å². The Labute approximate surface area is 73.3 Å². The summed E-state index contributed by atoms with van der Waals surface area (Å²) in [5, 5.41) is 3.22. The number of rotatable bonds is 2. The van der Waals surface area contributed by atoms with Crippen molar-refractivity contribution < 1.29 is 0 Å². The third kappa shape index (κ3) is 1.72. The summed E-state index contributed by atoms with van der Waals surface area (Å²) < 4.78 is 0. The van der Waals surface area contributed by atoms with Crippen LogP contribution in [0.3, 0.4) is 0 Å². The van der Waals surface area contributed by atoms with E-state index >= 15 is 0 Å². The average molecular weight is 165 g/mol. The number of hydrogen-bond acceptors (Lipinski definition) is 3. The summed E-state index contributed by atoms with van der Waals surface area (Å²) in [4.78, 5) is 8.46. The molecule has 0 aromatic rings. The highest BCUT2D eigenvalue weighted by atomic mass is 15.0. The van der Waals surface area contributed by atoms with Gasteiger partial charge in [-0.1, -0.05) is 0 Å². The zero-order valence-electron chi connectivity index (χ0n) is 7.78. The minimum atomic E-state index is 0.253. The molecule has 3 heteroatoms. The molecular formula is C9H15N3. The smallest absolute Gasteiger partial charge is 0.0898 e. The Morgan fingerprint density at radius 2 is 2.42 bits per heavy atom. The highest BCUT2D eigenvalue weighted by Gasteiger charge is 2.21. The van der Waals surface area contributed by atoms with Crippen LogP contribution >= 0.6 is 0 Å². The third-order valence-electron chi connectivity index (χ3n) is 1.97. The summed E-state index contributed by atoms with van der Waals surface area (Å²) in [6, 6.07) is 0.509. The van der Waals surface area contributed by atoms with E-state index in [1.54, 1.807) is 0 Å². The zero-order valence-corrected chi connectivity index (χ0v) is 7.78. The van der Waals surface area contributed by atoms with Crippen molar-refractivity contribution in [3.63, 3.8) is 0 Å². The van der Waals surface area contributed by atoms with Crippen LogP contribution in [0.2, 0.25) is 0 Å². The normalized spacial score (nSPS) is 28.2. The van der Waals surface area contributed by atoms with Gasteiger partial charge >= 0.3 is 0 Å².